The van der Waals surface area contributed by atoms with Crippen molar-refractivity contribution in [1.82, 2.24) is 0 Å². The first kappa shape index (κ1) is 13.0. The molecule has 0 radical (unpaired) electrons. The van der Waals surface area contributed by atoms with Crippen LogP contribution in [-0.2, 0) is 0 Å². The van der Waals surface area contributed by atoms with Crippen LogP contribution in [-0.4, -0.2) is 6.04 Å². The quantitative estimate of drug-likeness (QED) is 0.777. The van der Waals surface area contributed by atoms with Crippen LogP contribution in [0.4, 0.5) is 5.69 Å². The van der Waals surface area contributed by atoms with Gasteiger partial charge in [0.15, 0.2) is 0 Å². The highest BCUT2D eigenvalue weighted by atomic mass is 35.5. The summed E-state index contributed by atoms with van der Waals surface area (Å²) in [6, 6.07) is 6.31. The molecule has 0 saturated heterocycles. The van der Waals surface area contributed by atoms with Gasteiger partial charge in [-0.2, -0.15) is 0 Å². The lowest BCUT2D eigenvalue weighted by atomic mass is 9.78. The molecule has 1 saturated carbocycles. The Morgan fingerprint density at radius 2 is 1.71 bits per heavy atom. The zero-order chi connectivity index (χ0) is 12.4. The van der Waals surface area contributed by atoms with Gasteiger partial charge in [0.1, 0.15) is 0 Å². The molecule has 0 bridgehead atoms. The summed E-state index contributed by atoms with van der Waals surface area (Å²) in [6.07, 6.45) is 3.97. The average molecular weight is 272 g/mol. The molecule has 17 heavy (non-hydrogen) atoms. The maximum Gasteiger partial charge on any atom is 0.0612 e. The van der Waals surface area contributed by atoms with E-state index in [1.165, 1.54) is 19.3 Å². The Kier molecular flexibility index (Phi) is 4.22. The van der Waals surface area contributed by atoms with E-state index in [-0.39, 0.29) is 0 Å². The molecule has 2 rings (SSSR count). The number of hydrogen-bond donors (Lipinski definition) is 1. The van der Waals surface area contributed by atoms with Gasteiger partial charge in [0.2, 0.25) is 0 Å². The molecule has 0 aromatic heterocycles. The van der Waals surface area contributed by atoms with Crippen molar-refractivity contribution in [2.24, 2.45) is 11.8 Å². The lowest BCUT2D eigenvalue weighted by molar-refractivity contribution is 0.268. The van der Waals surface area contributed by atoms with Crippen LogP contribution in [0.2, 0.25) is 10.0 Å². The molecule has 0 spiro atoms. The highest BCUT2D eigenvalue weighted by molar-refractivity contribution is 6.42. The highest BCUT2D eigenvalue weighted by Crippen LogP contribution is 2.32. The number of nitrogens with one attached hydrogen (secondary N) is 1. The summed E-state index contributed by atoms with van der Waals surface area (Å²) in [4.78, 5) is 0. The fraction of sp³-hybridized carbons (Fsp3) is 0.571. The monoisotopic (exact) mass is 271 g/mol. The Bertz CT molecular complexity index is 382. The minimum Gasteiger partial charge on any atom is -0.382 e. The second kappa shape index (κ2) is 5.49. The van der Waals surface area contributed by atoms with Crippen LogP contribution in [0.3, 0.4) is 0 Å². The minimum absolute atomic E-state index is 0.543. The molecule has 1 aromatic carbocycles. The van der Waals surface area contributed by atoms with Crippen LogP contribution >= 0.6 is 23.2 Å². The molecular formula is C14H19Cl2N. The molecule has 2 atom stereocenters. The van der Waals surface area contributed by atoms with E-state index < -0.39 is 0 Å². The van der Waals surface area contributed by atoms with E-state index in [2.05, 4.69) is 19.2 Å². The summed E-state index contributed by atoms with van der Waals surface area (Å²) in [5.41, 5.74) is 1.07. The van der Waals surface area contributed by atoms with Crippen molar-refractivity contribution in [3.05, 3.63) is 28.2 Å². The van der Waals surface area contributed by atoms with Crippen LogP contribution in [0.1, 0.15) is 33.1 Å². The van der Waals surface area contributed by atoms with Gasteiger partial charge in [-0.3, -0.25) is 0 Å². The van der Waals surface area contributed by atoms with Crippen LogP contribution in [0.15, 0.2) is 18.2 Å². The molecule has 0 amide bonds. The number of hydrogen-bond acceptors (Lipinski definition) is 1. The van der Waals surface area contributed by atoms with Crippen molar-refractivity contribution in [2.75, 3.05) is 5.32 Å². The third-order valence-corrected chi connectivity index (χ3v) is 4.54. The molecule has 1 nitrogen and oxygen atoms in total. The van der Waals surface area contributed by atoms with Crippen LogP contribution in [0.5, 0.6) is 0 Å². The maximum atomic E-state index is 6.03. The molecule has 0 aliphatic heterocycles. The summed E-state index contributed by atoms with van der Waals surface area (Å²) in [6.45, 7) is 4.65. The molecular weight excluding hydrogens is 253 g/mol. The zero-order valence-corrected chi connectivity index (χ0v) is 11.9. The molecule has 1 N–H and O–H groups in total. The lowest BCUT2D eigenvalue weighted by Gasteiger charge is -2.36. The molecule has 0 heterocycles. The fourth-order valence-electron chi connectivity index (χ4n) is 2.74. The Morgan fingerprint density at radius 3 is 2.29 bits per heavy atom. The standard InChI is InChI=1S/C14H19Cl2N/c1-9-4-3-5-10(2)14(9)17-11-6-7-12(15)13(16)8-11/h6-10,14,17H,3-5H2,1-2H3. The van der Waals surface area contributed by atoms with E-state index in [0.717, 1.165) is 5.69 Å². The first-order valence-corrected chi connectivity index (χ1v) is 7.05. The Balaban J connectivity index is 2.10. The van der Waals surface area contributed by atoms with Crippen molar-refractivity contribution >= 4 is 28.9 Å². The first-order valence-electron chi connectivity index (χ1n) is 6.29. The summed E-state index contributed by atoms with van der Waals surface area (Å²) in [5, 5.41) is 4.84. The normalized spacial score (nSPS) is 29.1. The third kappa shape index (κ3) is 3.08. The maximum absolute atomic E-state index is 6.03. The predicted molar refractivity (Wildman–Crippen MR) is 76.1 cm³/mol. The first-order chi connectivity index (χ1) is 8.08. The number of rotatable bonds is 2. The molecule has 3 heteroatoms. The van der Waals surface area contributed by atoms with Gasteiger partial charge in [0.25, 0.3) is 0 Å². The lowest BCUT2D eigenvalue weighted by Crippen LogP contribution is -2.37. The Labute approximate surface area is 114 Å². The number of anilines is 1. The second-order valence-corrected chi connectivity index (χ2v) is 6.00. The largest absolute Gasteiger partial charge is 0.382 e. The minimum atomic E-state index is 0.543. The Morgan fingerprint density at radius 1 is 1.06 bits per heavy atom. The van der Waals surface area contributed by atoms with Crippen LogP contribution < -0.4 is 5.32 Å². The third-order valence-electron chi connectivity index (χ3n) is 3.80. The van der Waals surface area contributed by atoms with Crippen LogP contribution in [0, 0.1) is 11.8 Å². The Hall–Kier alpha value is -0.400. The van der Waals surface area contributed by atoms with E-state index in [0.29, 0.717) is 27.9 Å². The van der Waals surface area contributed by atoms with Gasteiger partial charge in [0.05, 0.1) is 10.0 Å². The van der Waals surface area contributed by atoms with Crippen molar-refractivity contribution in [2.45, 2.75) is 39.2 Å². The molecule has 2 unspecified atom stereocenters. The van der Waals surface area contributed by atoms with Gasteiger partial charge < -0.3 is 5.32 Å². The number of halogens is 2. The van der Waals surface area contributed by atoms with Crippen molar-refractivity contribution in [3.63, 3.8) is 0 Å². The summed E-state index contributed by atoms with van der Waals surface area (Å²) < 4.78 is 0. The van der Waals surface area contributed by atoms with Gasteiger partial charge in [0, 0.05) is 11.7 Å². The molecule has 1 aromatic rings. The molecule has 1 fully saturated rings. The van der Waals surface area contributed by atoms with Gasteiger partial charge in [-0.15, -0.1) is 0 Å². The van der Waals surface area contributed by atoms with E-state index in [9.17, 15) is 0 Å². The van der Waals surface area contributed by atoms with Gasteiger partial charge in [-0.25, -0.2) is 0 Å². The van der Waals surface area contributed by atoms with Crippen LogP contribution in [0.25, 0.3) is 0 Å². The van der Waals surface area contributed by atoms with Crippen molar-refractivity contribution in [3.8, 4) is 0 Å². The number of benzene rings is 1. The summed E-state index contributed by atoms with van der Waals surface area (Å²) in [7, 11) is 0. The molecule has 94 valence electrons. The van der Waals surface area contributed by atoms with E-state index in [1.807, 2.05) is 18.2 Å². The van der Waals surface area contributed by atoms with Gasteiger partial charge in [-0.05, 0) is 42.9 Å². The zero-order valence-electron chi connectivity index (χ0n) is 10.3. The van der Waals surface area contributed by atoms with Crippen molar-refractivity contribution in [1.29, 1.82) is 0 Å². The van der Waals surface area contributed by atoms with Crippen molar-refractivity contribution < 1.29 is 0 Å². The van der Waals surface area contributed by atoms with E-state index in [4.69, 9.17) is 23.2 Å². The predicted octanol–water partition coefficient (Wildman–Crippen LogP) is 5.23. The summed E-state index contributed by atoms with van der Waals surface area (Å²) >= 11 is 12.0. The van der Waals surface area contributed by atoms with E-state index >= 15 is 0 Å². The van der Waals surface area contributed by atoms with E-state index in [1.54, 1.807) is 0 Å². The average Bonchev–Trinajstić information content (AvgIpc) is 2.28. The fourth-order valence-corrected chi connectivity index (χ4v) is 3.04. The topological polar surface area (TPSA) is 12.0 Å². The highest BCUT2D eigenvalue weighted by Gasteiger charge is 2.27. The van der Waals surface area contributed by atoms with Gasteiger partial charge >= 0.3 is 0 Å². The summed E-state index contributed by atoms with van der Waals surface area (Å²) in [5.74, 6) is 1.43. The van der Waals surface area contributed by atoms with Gasteiger partial charge in [-0.1, -0.05) is 43.5 Å². The SMILES string of the molecule is CC1CCCC(C)C1Nc1ccc(Cl)c(Cl)c1. The molecule has 1 aliphatic carbocycles. The second-order valence-electron chi connectivity index (χ2n) is 5.18. The smallest absolute Gasteiger partial charge is 0.0612 e. The molecule has 1 aliphatic rings.